The standard InChI is InChI=1S/C22H19BrN6O/c23-18-6-2-1-5-17(18)21-26-25-20-15-16(8-10-29(20)21)22(30)28-13-11-27(12-14-28)19-7-3-4-9-24-19/h1-10,15H,11-14H2. The van der Waals surface area contributed by atoms with Gasteiger partial charge in [0.05, 0.1) is 0 Å². The molecule has 1 aliphatic heterocycles. The molecule has 4 heterocycles. The number of halogens is 1. The lowest BCUT2D eigenvalue weighted by molar-refractivity contribution is 0.0746. The highest BCUT2D eigenvalue weighted by Gasteiger charge is 2.23. The van der Waals surface area contributed by atoms with Gasteiger partial charge in [0.1, 0.15) is 5.82 Å². The molecule has 3 aromatic heterocycles. The molecule has 5 rings (SSSR count). The van der Waals surface area contributed by atoms with Crippen LogP contribution in [0.3, 0.4) is 0 Å². The summed E-state index contributed by atoms with van der Waals surface area (Å²) in [7, 11) is 0. The minimum absolute atomic E-state index is 0.0172. The van der Waals surface area contributed by atoms with E-state index in [2.05, 4.69) is 36.0 Å². The van der Waals surface area contributed by atoms with Crippen molar-refractivity contribution in [3.8, 4) is 11.4 Å². The van der Waals surface area contributed by atoms with Gasteiger partial charge in [-0.2, -0.15) is 0 Å². The van der Waals surface area contributed by atoms with E-state index < -0.39 is 0 Å². The molecule has 0 bridgehead atoms. The maximum Gasteiger partial charge on any atom is 0.254 e. The second kappa shape index (κ2) is 7.87. The van der Waals surface area contributed by atoms with Gasteiger partial charge < -0.3 is 9.80 Å². The molecule has 1 aliphatic rings. The van der Waals surface area contributed by atoms with Gasteiger partial charge in [0.25, 0.3) is 5.91 Å². The summed E-state index contributed by atoms with van der Waals surface area (Å²) in [6.07, 6.45) is 3.66. The zero-order valence-electron chi connectivity index (χ0n) is 16.1. The molecule has 1 fully saturated rings. The molecule has 0 atom stereocenters. The van der Waals surface area contributed by atoms with Crippen molar-refractivity contribution in [3.05, 3.63) is 77.0 Å². The van der Waals surface area contributed by atoms with Crippen LogP contribution in [-0.2, 0) is 0 Å². The molecular formula is C22H19BrN6O. The Morgan fingerprint density at radius 1 is 0.933 bits per heavy atom. The predicted octanol–water partition coefficient (Wildman–Crippen LogP) is 3.52. The topological polar surface area (TPSA) is 66.6 Å². The molecule has 0 saturated carbocycles. The average Bonchev–Trinajstić information content (AvgIpc) is 3.23. The van der Waals surface area contributed by atoms with Crippen molar-refractivity contribution in [2.45, 2.75) is 0 Å². The van der Waals surface area contributed by atoms with Crippen molar-refractivity contribution < 1.29 is 4.79 Å². The lowest BCUT2D eigenvalue weighted by Gasteiger charge is -2.35. The molecule has 30 heavy (non-hydrogen) atoms. The zero-order chi connectivity index (χ0) is 20.5. The summed E-state index contributed by atoms with van der Waals surface area (Å²) >= 11 is 3.56. The highest BCUT2D eigenvalue weighted by Crippen LogP contribution is 2.27. The Morgan fingerprint density at radius 2 is 1.73 bits per heavy atom. The number of rotatable bonds is 3. The van der Waals surface area contributed by atoms with Gasteiger partial charge in [-0.3, -0.25) is 9.20 Å². The van der Waals surface area contributed by atoms with E-state index in [1.54, 1.807) is 12.3 Å². The highest BCUT2D eigenvalue weighted by molar-refractivity contribution is 9.10. The molecule has 0 radical (unpaired) electrons. The number of benzene rings is 1. The van der Waals surface area contributed by atoms with Gasteiger partial charge in [-0.1, -0.05) is 40.2 Å². The second-order valence-electron chi connectivity index (χ2n) is 7.11. The lowest BCUT2D eigenvalue weighted by atomic mass is 10.2. The highest BCUT2D eigenvalue weighted by atomic mass is 79.9. The van der Waals surface area contributed by atoms with E-state index in [-0.39, 0.29) is 5.91 Å². The van der Waals surface area contributed by atoms with E-state index in [1.807, 2.05) is 64.0 Å². The first kappa shape index (κ1) is 18.7. The summed E-state index contributed by atoms with van der Waals surface area (Å²) < 4.78 is 2.85. The minimum Gasteiger partial charge on any atom is -0.353 e. The summed E-state index contributed by atoms with van der Waals surface area (Å²) in [5, 5.41) is 8.61. The number of hydrogen-bond acceptors (Lipinski definition) is 5. The summed E-state index contributed by atoms with van der Waals surface area (Å²) in [5.74, 6) is 1.71. The maximum atomic E-state index is 13.0. The number of anilines is 1. The number of fused-ring (bicyclic) bond motifs is 1. The predicted molar refractivity (Wildman–Crippen MR) is 118 cm³/mol. The summed E-state index contributed by atoms with van der Waals surface area (Å²) in [6, 6.07) is 17.4. The molecule has 0 spiro atoms. The molecule has 150 valence electrons. The third-order valence-electron chi connectivity index (χ3n) is 5.31. The monoisotopic (exact) mass is 462 g/mol. The number of hydrogen-bond donors (Lipinski definition) is 0. The largest absolute Gasteiger partial charge is 0.353 e. The van der Waals surface area contributed by atoms with E-state index in [4.69, 9.17) is 0 Å². The molecule has 7 nitrogen and oxygen atoms in total. The SMILES string of the molecule is O=C(c1ccn2c(-c3ccccc3Br)nnc2c1)N1CCN(c2ccccn2)CC1. The van der Waals surface area contributed by atoms with E-state index in [0.717, 1.165) is 34.8 Å². The van der Waals surface area contributed by atoms with Gasteiger partial charge >= 0.3 is 0 Å². The van der Waals surface area contributed by atoms with Gasteiger partial charge in [0, 0.05) is 54.2 Å². The number of amides is 1. The number of nitrogens with zero attached hydrogens (tertiary/aromatic N) is 6. The fourth-order valence-corrected chi connectivity index (χ4v) is 4.17. The van der Waals surface area contributed by atoms with Crippen LogP contribution in [0.1, 0.15) is 10.4 Å². The van der Waals surface area contributed by atoms with Gasteiger partial charge in [-0.25, -0.2) is 4.98 Å². The van der Waals surface area contributed by atoms with Gasteiger partial charge in [-0.15, -0.1) is 10.2 Å². The van der Waals surface area contributed by atoms with Crippen LogP contribution in [0.4, 0.5) is 5.82 Å². The summed E-state index contributed by atoms with van der Waals surface area (Å²) in [4.78, 5) is 21.5. The molecule has 0 N–H and O–H groups in total. The Morgan fingerprint density at radius 3 is 2.50 bits per heavy atom. The van der Waals surface area contributed by atoms with E-state index in [1.165, 1.54) is 0 Å². The third-order valence-corrected chi connectivity index (χ3v) is 6.00. The molecule has 8 heteroatoms. The van der Waals surface area contributed by atoms with Crippen molar-refractivity contribution in [3.63, 3.8) is 0 Å². The van der Waals surface area contributed by atoms with Gasteiger partial charge in [-0.05, 0) is 30.3 Å². The van der Waals surface area contributed by atoms with Gasteiger partial charge in [0.15, 0.2) is 11.5 Å². The Balaban J connectivity index is 1.34. The maximum absolute atomic E-state index is 13.0. The lowest BCUT2D eigenvalue weighted by Crippen LogP contribution is -2.49. The Bertz CT molecular complexity index is 1200. The van der Waals surface area contributed by atoms with Crippen molar-refractivity contribution in [1.82, 2.24) is 24.5 Å². The van der Waals surface area contributed by atoms with Crippen LogP contribution in [0, 0.1) is 0 Å². The quantitative estimate of drug-likeness (QED) is 0.465. The number of pyridine rings is 2. The summed E-state index contributed by atoms with van der Waals surface area (Å²) in [5.41, 5.74) is 2.23. The van der Waals surface area contributed by atoms with Crippen LogP contribution in [0.5, 0.6) is 0 Å². The minimum atomic E-state index is 0.0172. The fourth-order valence-electron chi connectivity index (χ4n) is 3.71. The van der Waals surface area contributed by atoms with Crippen molar-refractivity contribution in [2.75, 3.05) is 31.1 Å². The van der Waals surface area contributed by atoms with Crippen molar-refractivity contribution >= 4 is 33.3 Å². The first-order valence-electron chi connectivity index (χ1n) is 9.76. The third kappa shape index (κ3) is 3.43. The van der Waals surface area contributed by atoms with Crippen LogP contribution in [-0.4, -0.2) is 56.6 Å². The Kier molecular flexibility index (Phi) is 4.92. The normalized spacial score (nSPS) is 14.3. The van der Waals surface area contributed by atoms with Crippen LogP contribution in [0.25, 0.3) is 17.0 Å². The van der Waals surface area contributed by atoms with E-state index in [9.17, 15) is 4.79 Å². The van der Waals surface area contributed by atoms with Crippen LogP contribution >= 0.6 is 15.9 Å². The summed E-state index contributed by atoms with van der Waals surface area (Å²) in [6.45, 7) is 2.86. The van der Waals surface area contributed by atoms with E-state index >= 15 is 0 Å². The fraction of sp³-hybridized carbons (Fsp3) is 0.182. The molecular weight excluding hydrogens is 444 g/mol. The average molecular weight is 463 g/mol. The molecule has 4 aromatic rings. The number of carbonyl (C=O) groups is 1. The molecule has 1 amide bonds. The molecule has 0 aliphatic carbocycles. The van der Waals surface area contributed by atoms with Crippen LogP contribution in [0.2, 0.25) is 0 Å². The van der Waals surface area contributed by atoms with Crippen molar-refractivity contribution in [1.29, 1.82) is 0 Å². The number of aromatic nitrogens is 4. The van der Waals surface area contributed by atoms with Gasteiger partial charge in [0.2, 0.25) is 0 Å². The first-order chi connectivity index (χ1) is 14.7. The first-order valence-corrected chi connectivity index (χ1v) is 10.5. The van der Waals surface area contributed by atoms with Crippen LogP contribution < -0.4 is 4.90 Å². The molecule has 1 aromatic carbocycles. The zero-order valence-corrected chi connectivity index (χ0v) is 17.7. The van der Waals surface area contributed by atoms with Crippen molar-refractivity contribution in [2.24, 2.45) is 0 Å². The smallest absolute Gasteiger partial charge is 0.254 e. The second-order valence-corrected chi connectivity index (χ2v) is 7.97. The molecule has 1 saturated heterocycles. The molecule has 0 unspecified atom stereocenters. The van der Waals surface area contributed by atoms with E-state index in [0.29, 0.717) is 24.3 Å². The number of carbonyl (C=O) groups excluding carboxylic acids is 1. The van der Waals surface area contributed by atoms with Crippen LogP contribution in [0.15, 0.2) is 71.5 Å². The Labute approximate surface area is 182 Å². The Hall–Kier alpha value is -3.26. The number of piperazine rings is 1.